The summed E-state index contributed by atoms with van der Waals surface area (Å²) in [4.78, 5) is 16.6. The molecular formula is C16H32N2O3. The Kier molecular flexibility index (Phi) is 8.88. The summed E-state index contributed by atoms with van der Waals surface area (Å²) in [5, 5.41) is 0. The van der Waals surface area contributed by atoms with E-state index in [2.05, 4.69) is 18.7 Å². The van der Waals surface area contributed by atoms with Crippen molar-refractivity contribution in [2.75, 3.05) is 46.0 Å². The Hall–Kier alpha value is -0.650. The van der Waals surface area contributed by atoms with Crippen LogP contribution in [-0.4, -0.2) is 73.9 Å². The van der Waals surface area contributed by atoms with E-state index in [0.717, 1.165) is 26.2 Å². The van der Waals surface area contributed by atoms with E-state index in [1.54, 1.807) is 0 Å². The molecule has 1 heterocycles. The van der Waals surface area contributed by atoms with Crippen molar-refractivity contribution in [1.29, 1.82) is 0 Å². The van der Waals surface area contributed by atoms with Gasteiger partial charge in [0.15, 0.2) is 0 Å². The standard InChI is InChI=1S/C16H32N2O3/c1-5-7-17-8-9-18(15(4)13-17)16(19)6-10-20-11-12-21-14(2)3/h14-15H,5-13H2,1-4H3. The fraction of sp³-hybridized carbons (Fsp3) is 0.938. The second-order valence-electron chi connectivity index (χ2n) is 6.02. The maximum absolute atomic E-state index is 12.2. The van der Waals surface area contributed by atoms with Gasteiger partial charge in [0.25, 0.3) is 0 Å². The summed E-state index contributed by atoms with van der Waals surface area (Å²) >= 11 is 0. The minimum absolute atomic E-state index is 0.212. The van der Waals surface area contributed by atoms with E-state index in [1.807, 2.05) is 18.7 Å². The summed E-state index contributed by atoms with van der Waals surface area (Å²) in [6.45, 7) is 13.9. The first-order valence-electron chi connectivity index (χ1n) is 8.25. The molecule has 0 aromatic carbocycles. The molecule has 0 spiro atoms. The van der Waals surface area contributed by atoms with Crippen molar-refractivity contribution >= 4 is 5.91 Å². The molecule has 0 bridgehead atoms. The monoisotopic (exact) mass is 300 g/mol. The molecular weight excluding hydrogens is 268 g/mol. The lowest BCUT2D eigenvalue weighted by molar-refractivity contribution is -0.137. The van der Waals surface area contributed by atoms with Crippen LogP contribution in [0, 0.1) is 0 Å². The van der Waals surface area contributed by atoms with Gasteiger partial charge in [-0.25, -0.2) is 0 Å². The zero-order chi connectivity index (χ0) is 15.7. The Balaban J connectivity index is 2.15. The van der Waals surface area contributed by atoms with Crippen molar-refractivity contribution in [2.24, 2.45) is 0 Å². The molecule has 1 aliphatic rings. The molecule has 5 heteroatoms. The molecule has 1 atom stereocenters. The number of amides is 1. The number of hydrogen-bond acceptors (Lipinski definition) is 4. The van der Waals surface area contributed by atoms with Crippen LogP contribution in [-0.2, 0) is 14.3 Å². The van der Waals surface area contributed by atoms with Crippen LogP contribution in [0.25, 0.3) is 0 Å². The summed E-state index contributed by atoms with van der Waals surface area (Å²) in [5.41, 5.74) is 0. The average molecular weight is 300 g/mol. The Bertz CT molecular complexity index is 297. The van der Waals surface area contributed by atoms with Crippen LogP contribution in [0.2, 0.25) is 0 Å². The molecule has 1 amide bonds. The first-order valence-corrected chi connectivity index (χ1v) is 8.25. The summed E-state index contributed by atoms with van der Waals surface area (Å²) in [7, 11) is 0. The first kappa shape index (κ1) is 18.4. The highest BCUT2D eigenvalue weighted by atomic mass is 16.5. The highest BCUT2D eigenvalue weighted by molar-refractivity contribution is 5.76. The number of carbonyl (C=O) groups excluding carboxylic acids is 1. The number of carbonyl (C=O) groups is 1. The van der Waals surface area contributed by atoms with Crippen LogP contribution in [0.4, 0.5) is 0 Å². The minimum Gasteiger partial charge on any atom is -0.379 e. The van der Waals surface area contributed by atoms with Gasteiger partial charge in [-0.05, 0) is 33.7 Å². The van der Waals surface area contributed by atoms with Gasteiger partial charge in [-0.3, -0.25) is 9.69 Å². The summed E-state index contributed by atoms with van der Waals surface area (Å²) in [6.07, 6.45) is 1.88. The SMILES string of the molecule is CCCN1CCN(C(=O)CCOCCOC(C)C)C(C)C1. The van der Waals surface area contributed by atoms with Gasteiger partial charge in [-0.15, -0.1) is 0 Å². The Labute approximate surface area is 129 Å². The maximum atomic E-state index is 12.2. The van der Waals surface area contributed by atoms with Crippen molar-refractivity contribution in [1.82, 2.24) is 9.80 Å². The molecule has 0 saturated carbocycles. The molecule has 124 valence electrons. The highest BCUT2D eigenvalue weighted by Crippen LogP contribution is 2.11. The third-order valence-corrected chi connectivity index (χ3v) is 3.71. The van der Waals surface area contributed by atoms with Crippen molar-refractivity contribution in [3.05, 3.63) is 0 Å². The van der Waals surface area contributed by atoms with E-state index >= 15 is 0 Å². The lowest BCUT2D eigenvalue weighted by Gasteiger charge is -2.39. The van der Waals surface area contributed by atoms with Crippen LogP contribution in [0.3, 0.4) is 0 Å². The number of rotatable bonds is 9. The molecule has 0 aromatic heterocycles. The van der Waals surface area contributed by atoms with Gasteiger partial charge in [-0.2, -0.15) is 0 Å². The number of nitrogens with zero attached hydrogens (tertiary/aromatic N) is 2. The van der Waals surface area contributed by atoms with E-state index in [4.69, 9.17) is 9.47 Å². The van der Waals surface area contributed by atoms with Crippen LogP contribution < -0.4 is 0 Å². The van der Waals surface area contributed by atoms with E-state index < -0.39 is 0 Å². The van der Waals surface area contributed by atoms with E-state index in [-0.39, 0.29) is 12.0 Å². The predicted octanol–water partition coefficient (Wildman–Crippen LogP) is 1.76. The van der Waals surface area contributed by atoms with Crippen LogP contribution in [0.5, 0.6) is 0 Å². The third-order valence-electron chi connectivity index (χ3n) is 3.71. The normalized spacial score (nSPS) is 20.2. The molecule has 0 N–H and O–H groups in total. The largest absolute Gasteiger partial charge is 0.379 e. The zero-order valence-corrected chi connectivity index (χ0v) is 14.1. The predicted molar refractivity (Wildman–Crippen MR) is 84.4 cm³/mol. The molecule has 1 aliphatic heterocycles. The van der Waals surface area contributed by atoms with Crippen molar-refractivity contribution < 1.29 is 14.3 Å². The Morgan fingerprint density at radius 1 is 1.24 bits per heavy atom. The smallest absolute Gasteiger partial charge is 0.225 e. The topological polar surface area (TPSA) is 42.0 Å². The van der Waals surface area contributed by atoms with Gasteiger partial charge < -0.3 is 14.4 Å². The molecule has 1 saturated heterocycles. The van der Waals surface area contributed by atoms with Crippen molar-refractivity contribution in [3.8, 4) is 0 Å². The van der Waals surface area contributed by atoms with Gasteiger partial charge in [0.05, 0.1) is 32.3 Å². The van der Waals surface area contributed by atoms with Crippen LogP contribution in [0.15, 0.2) is 0 Å². The summed E-state index contributed by atoms with van der Waals surface area (Å²) in [6, 6.07) is 0.307. The quantitative estimate of drug-likeness (QED) is 0.609. The van der Waals surface area contributed by atoms with Crippen molar-refractivity contribution in [3.63, 3.8) is 0 Å². The fourth-order valence-corrected chi connectivity index (χ4v) is 2.67. The second kappa shape index (κ2) is 10.1. The zero-order valence-electron chi connectivity index (χ0n) is 14.1. The lowest BCUT2D eigenvalue weighted by Crippen LogP contribution is -2.54. The highest BCUT2D eigenvalue weighted by Gasteiger charge is 2.26. The molecule has 0 radical (unpaired) electrons. The molecule has 21 heavy (non-hydrogen) atoms. The fourth-order valence-electron chi connectivity index (χ4n) is 2.67. The first-order chi connectivity index (χ1) is 10.0. The van der Waals surface area contributed by atoms with Crippen LogP contribution >= 0.6 is 0 Å². The lowest BCUT2D eigenvalue weighted by atomic mass is 10.1. The summed E-state index contributed by atoms with van der Waals surface area (Å²) in [5.74, 6) is 0.212. The van der Waals surface area contributed by atoms with Gasteiger partial charge >= 0.3 is 0 Å². The summed E-state index contributed by atoms with van der Waals surface area (Å²) < 4.78 is 10.8. The van der Waals surface area contributed by atoms with Gasteiger partial charge in [-0.1, -0.05) is 6.92 Å². The van der Waals surface area contributed by atoms with Gasteiger partial charge in [0.1, 0.15) is 0 Å². The Morgan fingerprint density at radius 3 is 2.62 bits per heavy atom. The van der Waals surface area contributed by atoms with Gasteiger partial charge in [0.2, 0.25) is 5.91 Å². The molecule has 1 rings (SSSR count). The van der Waals surface area contributed by atoms with Crippen molar-refractivity contribution in [2.45, 2.75) is 52.7 Å². The Morgan fingerprint density at radius 2 is 2.00 bits per heavy atom. The number of hydrogen-bond donors (Lipinski definition) is 0. The molecule has 0 aliphatic carbocycles. The van der Waals surface area contributed by atoms with E-state index in [1.165, 1.54) is 6.42 Å². The molecule has 1 unspecified atom stereocenters. The van der Waals surface area contributed by atoms with E-state index in [0.29, 0.717) is 32.3 Å². The van der Waals surface area contributed by atoms with Crippen LogP contribution in [0.1, 0.15) is 40.5 Å². The maximum Gasteiger partial charge on any atom is 0.225 e. The molecule has 1 fully saturated rings. The molecule has 0 aromatic rings. The molecule has 5 nitrogen and oxygen atoms in total. The van der Waals surface area contributed by atoms with E-state index in [9.17, 15) is 4.79 Å². The average Bonchev–Trinajstić information content (AvgIpc) is 2.42. The second-order valence-corrected chi connectivity index (χ2v) is 6.02. The van der Waals surface area contributed by atoms with Gasteiger partial charge in [0, 0.05) is 25.7 Å². The number of ether oxygens (including phenoxy) is 2. The minimum atomic E-state index is 0.212. The number of piperazine rings is 1. The third kappa shape index (κ3) is 7.25.